The monoisotopic (exact) mass is 496 g/mol. The highest BCUT2D eigenvalue weighted by Crippen LogP contribution is 2.31. The van der Waals surface area contributed by atoms with Gasteiger partial charge in [0.25, 0.3) is 11.8 Å². The molecule has 2 aliphatic heterocycles. The van der Waals surface area contributed by atoms with E-state index in [1.54, 1.807) is 48.5 Å². The lowest BCUT2D eigenvalue weighted by atomic mass is 9.82. The molecule has 184 valence electrons. The van der Waals surface area contributed by atoms with E-state index in [0.29, 0.717) is 28.4 Å². The van der Waals surface area contributed by atoms with Gasteiger partial charge in [-0.3, -0.25) is 19.4 Å². The van der Waals surface area contributed by atoms with Gasteiger partial charge in [-0.05, 0) is 55.8 Å². The number of nitrogens with one attached hydrogen (secondary N) is 3. The highest BCUT2D eigenvalue weighted by molar-refractivity contribution is 6.34. The van der Waals surface area contributed by atoms with Crippen molar-refractivity contribution in [3.8, 4) is 0 Å². The number of primary amides is 1. The summed E-state index contributed by atoms with van der Waals surface area (Å²) < 4.78 is 0. The highest BCUT2D eigenvalue weighted by atomic mass is 35.5. The Morgan fingerprint density at radius 2 is 1.80 bits per heavy atom. The van der Waals surface area contributed by atoms with Crippen molar-refractivity contribution in [2.24, 2.45) is 10.7 Å². The van der Waals surface area contributed by atoms with Crippen molar-refractivity contribution in [2.75, 3.05) is 31.5 Å². The highest BCUT2D eigenvalue weighted by Gasteiger charge is 2.52. The molecule has 2 heterocycles. The molecule has 2 aromatic rings. The van der Waals surface area contributed by atoms with Crippen LogP contribution in [0, 0.1) is 0 Å². The fraction of sp³-hybridized carbons (Fsp3) is 0.360. The lowest BCUT2D eigenvalue weighted by Crippen LogP contribution is -2.60. The number of likely N-dealkylation sites (tertiary alicyclic amines) is 1. The predicted molar refractivity (Wildman–Crippen MR) is 135 cm³/mol. The number of hydrogen-bond acceptors (Lipinski definition) is 6. The average Bonchev–Trinajstić information content (AvgIpc) is 3.32. The number of nitrogens with zero attached hydrogens (tertiary/aromatic N) is 2. The van der Waals surface area contributed by atoms with E-state index < -0.39 is 17.5 Å². The van der Waals surface area contributed by atoms with Crippen molar-refractivity contribution >= 4 is 41.3 Å². The molecule has 10 heteroatoms. The van der Waals surface area contributed by atoms with Crippen LogP contribution in [0.4, 0.5) is 5.69 Å². The lowest BCUT2D eigenvalue weighted by Gasteiger charge is -2.32. The second kappa shape index (κ2) is 10.9. The van der Waals surface area contributed by atoms with Gasteiger partial charge in [0.05, 0.1) is 16.9 Å². The van der Waals surface area contributed by atoms with Crippen molar-refractivity contribution < 1.29 is 14.4 Å². The molecule has 2 atom stereocenters. The Balaban J connectivity index is 1.45. The van der Waals surface area contributed by atoms with E-state index in [2.05, 4.69) is 25.8 Å². The van der Waals surface area contributed by atoms with Gasteiger partial charge in [-0.1, -0.05) is 42.3 Å². The molecular formula is C25H29ClN6O3. The summed E-state index contributed by atoms with van der Waals surface area (Å²) in [5.41, 5.74) is 5.58. The molecule has 9 nitrogen and oxygen atoms in total. The van der Waals surface area contributed by atoms with Gasteiger partial charge in [-0.15, -0.1) is 0 Å². The molecule has 35 heavy (non-hydrogen) atoms. The summed E-state index contributed by atoms with van der Waals surface area (Å²) in [4.78, 5) is 44.8. The second-order valence-electron chi connectivity index (χ2n) is 8.70. The molecule has 0 aliphatic carbocycles. The van der Waals surface area contributed by atoms with Crippen molar-refractivity contribution in [3.05, 3.63) is 64.7 Å². The minimum absolute atomic E-state index is 0.343. The van der Waals surface area contributed by atoms with E-state index in [-0.39, 0.29) is 11.8 Å². The average molecular weight is 497 g/mol. The maximum absolute atomic E-state index is 13.0. The molecule has 2 unspecified atom stereocenters. The fourth-order valence-corrected chi connectivity index (χ4v) is 4.76. The third kappa shape index (κ3) is 5.31. The van der Waals surface area contributed by atoms with Crippen LogP contribution in [-0.4, -0.2) is 61.2 Å². The van der Waals surface area contributed by atoms with Gasteiger partial charge in [0, 0.05) is 18.8 Å². The number of rotatable bonds is 8. The quantitative estimate of drug-likeness (QED) is 0.443. The van der Waals surface area contributed by atoms with Crippen molar-refractivity contribution in [3.63, 3.8) is 0 Å². The van der Waals surface area contributed by atoms with E-state index >= 15 is 0 Å². The molecule has 0 bridgehead atoms. The summed E-state index contributed by atoms with van der Waals surface area (Å²) >= 11 is 6.10. The van der Waals surface area contributed by atoms with E-state index in [0.717, 1.165) is 19.6 Å². The zero-order valence-electron chi connectivity index (χ0n) is 19.3. The Hall–Kier alpha value is -3.43. The SMILES string of the molecule is NC(=O)C1(c2ccc(NC(=O)c3ccccc3Cl)cc2)NC=NC1C(=O)NCCN1CCCCC1. The molecular weight excluding hydrogens is 468 g/mol. The zero-order valence-corrected chi connectivity index (χ0v) is 20.1. The molecule has 3 amide bonds. The first kappa shape index (κ1) is 24.7. The Morgan fingerprint density at radius 3 is 2.49 bits per heavy atom. The van der Waals surface area contributed by atoms with Gasteiger partial charge >= 0.3 is 0 Å². The van der Waals surface area contributed by atoms with E-state index in [9.17, 15) is 14.4 Å². The smallest absolute Gasteiger partial charge is 0.257 e. The predicted octanol–water partition coefficient (Wildman–Crippen LogP) is 1.88. The van der Waals surface area contributed by atoms with E-state index in [1.807, 2.05) is 0 Å². The number of carbonyl (C=O) groups excluding carboxylic acids is 3. The van der Waals surface area contributed by atoms with Crippen LogP contribution in [0.3, 0.4) is 0 Å². The van der Waals surface area contributed by atoms with Crippen molar-refractivity contribution in [1.82, 2.24) is 15.5 Å². The Bertz CT molecular complexity index is 1120. The topological polar surface area (TPSA) is 129 Å². The molecule has 0 spiro atoms. The summed E-state index contributed by atoms with van der Waals surface area (Å²) in [6.45, 7) is 3.28. The molecule has 2 aromatic carbocycles. The zero-order chi connectivity index (χ0) is 24.8. The van der Waals surface area contributed by atoms with Crippen LogP contribution in [0.25, 0.3) is 0 Å². The number of hydrogen-bond donors (Lipinski definition) is 4. The molecule has 1 fully saturated rings. The van der Waals surface area contributed by atoms with Crippen LogP contribution in [0.15, 0.2) is 53.5 Å². The molecule has 0 radical (unpaired) electrons. The summed E-state index contributed by atoms with van der Waals surface area (Å²) in [7, 11) is 0. The van der Waals surface area contributed by atoms with Gasteiger partial charge < -0.3 is 26.6 Å². The summed E-state index contributed by atoms with van der Waals surface area (Å²) in [5.74, 6) is -1.46. The Labute approximate surface area is 209 Å². The molecule has 0 saturated carbocycles. The van der Waals surface area contributed by atoms with Crippen LogP contribution in [0.5, 0.6) is 0 Å². The largest absolute Gasteiger partial charge is 0.367 e. The number of halogens is 1. The van der Waals surface area contributed by atoms with Crippen LogP contribution >= 0.6 is 11.6 Å². The minimum atomic E-state index is -1.53. The van der Waals surface area contributed by atoms with Gasteiger partial charge in [-0.25, -0.2) is 0 Å². The summed E-state index contributed by atoms with van der Waals surface area (Å²) in [5, 5.41) is 8.93. The number of anilines is 1. The van der Waals surface area contributed by atoms with Gasteiger partial charge in [0.1, 0.15) is 0 Å². The fourth-order valence-electron chi connectivity index (χ4n) is 4.54. The maximum Gasteiger partial charge on any atom is 0.257 e. The van der Waals surface area contributed by atoms with Gasteiger partial charge in [0.15, 0.2) is 11.6 Å². The van der Waals surface area contributed by atoms with Crippen LogP contribution < -0.4 is 21.7 Å². The molecule has 1 saturated heterocycles. The molecule has 0 aromatic heterocycles. The number of nitrogens with two attached hydrogens (primary N) is 1. The van der Waals surface area contributed by atoms with Crippen LogP contribution in [0.1, 0.15) is 35.2 Å². The molecule has 2 aliphatic rings. The van der Waals surface area contributed by atoms with Crippen molar-refractivity contribution in [2.45, 2.75) is 30.8 Å². The number of benzene rings is 2. The minimum Gasteiger partial charge on any atom is -0.367 e. The van der Waals surface area contributed by atoms with Crippen LogP contribution in [0.2, 0.25) is 5.02 Å². The lowest BCUT2D eigenvalue weighted by molar-refractivity contribution is -0.131. The maximum atomic E-state index is 13.0. The Morgan fingerprint density at radius 1 is 1.09 bits per heavy atom. The Kier molecular flexibility index (Phi) is 7.67. The number of carbonyl (C=O) groups is 3. The van der Waals surface area contributed by atoms with Crippen LogP contribution in [-0.2, 0) is 15.1 Å². The number of aliphatic imine (C=N–C) groups is 1. The first-order valence-electron chi connectivity index (χ1n) is 11.7. The summed E-state index contributed by atoms with van der Waals surface area (Å²) in [6, 6.07) is 12.2. The third-order valence-corrected chi connectivity index (χ3v) is 6.79. The van der Waals surface area contributed by atoms with E-state index in [1.165, 1.54) is 25.6 Å². The van der Waals surface area contributed by atoms with Gasteiger partial charge in [0.2, 0.25) is 5.91 Å². The molecule has 5 N–H and O–H groups in total. The van der Waals surface area contributed by atoms with Crippen molar-refractivity contribution in [1.29, 1.82) is 0 Å². The second-order valence-corrected chi connectivity index (χ2v) is 9.11. The first-order valence-corrected chi connectivity index (χ1v) is 12.1. The standard InChI is InChI=1S/C25H29ClN6O3/c26-20-7-3-2-6-19(20)22(33)31-18-10-8-17(9-11-18)25(24(27)35)21(29-16-30-25)23(34)28-12-15-32-13-4-1-5-14-32/h2-3,6-11,16,21H,1,4-5,12-15H2,(H2,27,35)(H,28,34)(H,29,30)(H,31,33). The number of amides is 3. The third-order valence-electron chi connectivity index (χ3n) is 6.46. The van der Waals surface area contributed by atoms with E-state index in [4.69, 9.17) is 17.3 Å². The first-order chi connectivity index (χ1) is 16.9. The number of piperidine rings is 1. The van der Waals surface area contributed by atoms with Gasteiger partial charge in [-0.2, -0.15) is 0 Å². The summed E-state index contributed by atoms with van der Waals surface area (Å²) in [6.07, 6.45) is 4.93. The normalized spacial score (nSPS) is 21.8. The molecule has 4 rings (SSSR count).